The minimum Gasteiger partial charge on any atom is -0.507 e. The van der Waals surface area contributed by atoms with Crippen LogP contribution in [0.3, 0.4) is 0 Å². The number of hydrogen-bond acceptors (Lipinski definition) is 6. The molecule has 0 unspecified atom stereocenters. The number of methoxy groups -OCH3 is 1. The van der Waals surface area contributed by atoms with Crippen molar-refractivity contribution < 1.29 is 24.1 Å². The third-order valence-corrected chi connectivity index (χ3v) is 6.71. The number of nitrogens with zero attached hydrogens (tertiary/aromatic N) is 2. The van der Waals surface area contributed by atoms with E-state index in [-0.39, 0.29) is 17.8 Å². The van der Waals surface area contributed by atoms with Crippen LogP contribution in [0, 0.1) is 0 Å². The Bertz CT molecular complexity index is 1200. The minimum absolute atomic E-state index is 0.00876. The number of benzene rings is 2. The average Bonchev–Trinajstić information content (AvgIpc) is 3.59. The number of phenols is 1. The molecule has 0 bridgehead atoms. The number of nitrogens with one attached hydrogen (secondary N) is 1. The predicted octanol–water partition coefficient (Wildman–Crippen LogP) is 4.69. The predicted molar refractivity (Wildman–Crippen MR) is 131 cm³/mol. The fourth-order valence-corrected chi connectivity index (χ4v) is 4.92. The molecular formula is C27H31N3O5. The van der Waals surface area contributed by atoms with E-state index in [1.165, 1.54) is 0 Å². The van der Waals surface area contributed by atoms with Crippen LogP contribution in [0.1, 0.15) is 60.3 Å². The van der Waals surface area contributed by atoms with Crippen molar-refractivity contribution in [2.75, 3.05) is 26.9 Å². The molecule has 184 valence electrons. The molecule has 2 aliphatic rings. The van der Waals surface area contributed by atoms with Crippen LogP contribution < -0.4 is 9.47 Å². The number of hydrogen-bond donors (Lipinski definition) is 2. The molecule has 1 saturated heterocycles. The number of unbranched alkanes of at least 4 members (excludes halogenated alkanes) is 1. The number of phenolic OH excluding ortho intramolecular Hbond substituents is 1. The van der Waals surface area contributed by atoms with E-state index in [9.17, 15) is 9.90 Å². The van der Waals surface area contributed by atoms with Crippen molar-refractivity contribution in [1.29, 1.82) is 0 Å². The lowest BCUT2D eigenvalue weighted by molar-refractivity contribution is 0.0495. The van der Waals surface area contributed by atoms with Gasteiger partial charge in [-0.1, -0.05) is 31.5 Å². The van der Waals surface area contributed by atoms with Crippen LogP contribution in [0.5, 0.6) is 17.2 Å². The standard InChI is InChI=1S/C27H31N3O5/c1-3-4-13-35-21-12-11-17(15-22(21)33-2)26-23-24(19-9-5-6-10-20(19)31)28-29-25(23)27(32)30(26)16-18-8-7-14-34-18/h5-6,9-12,15,18,26,31H,3-4,7-8,13-14,16H2,1-2H3,(H,28,29)/t18-,26-/m1/s1. The fraction of sp³-hybridized carbons (Fsp3) is 0.407. The molecule has 0 aliphatic carbocycles. The number of aromatic hydroxyl groups is 1. The Labute approximate surface area is 204 Å². The molecule has 2 aromatic carbocycles. The van der Waals surface area contributed by atoms with Crippen LogP contribution in [-0.4, -0.2) is 59.1 Å². The van der Waals surface area contributed by atoms with Gasteiger partial charge in [-0.05, 0) is 49.1 Å². The molecule has 2 atom stereocenters. The number of carbonyl (C=O) groups is 1. The normalized spacial score (nSPS) is 19.3. The molecule has 0 saturated carbocycles. The van der Waals surface area contributed by atoms with Crippen LogP contribution in [0.25, 0.3) is 11.3 Å². The van der Waals surface area contributed by atoms with E-state index in [0.717, 1.165) is 36.8 Å². The van der Waals surface area contributed by atoms with Gasteiger partial charge in [0.15, 0.2) is 11.5 Å². The van der Waals surface area contributed by atoms with E-state index < -0.39 is 6.04 Å². The molecular weight excluding hydrogens is 446 g/mol. The Hall–Kier alpha value is -3.52. The molecule has 1 aromatic heterocycles. The van der Waals surface area contributed by atoms with Crippen molar-refractivity contribution >= 4 is 5.91 Å². The van der Waals surface area contributed by atoms with Gasteiger partial charge in [0.2, 0.25) is 0 Å². The van der Waals surface area contributed by atoms with Gasteiger partial charge in [-0.2, -0.15) is 5.10 Å². The van der Waals surface area contributed by atoms with Crippen molar-refractivity contribution in [2.45, 2.75) is 44.8 Å². The first kappa shape index (κ1) is 23.2. The van der Waals surface area contributed by atoms with Gasteiger partial charge < -0.3 is 24.2 Å². The van der Waals surface area contributed by atoms with Gasteiger partial charge in [0.25, 0.3) is 5.91 Å². The molecule has 0 radical (unpaired) electrons. The van der Waals surface area contributed by atoms with E-state index in [1.54, 1.807) is 25.3 Å². The first-order valence-electron chi connectivity index (χ1n) is 12.2. The summed E-state index contributed by atoms with van der Waals surface area (Å²) in [5.74, 6) is 1.27. The van der Waals surface area contributed by atoms with Crippen molar-refractivity contribution in [2.24, 2.45) is 0 Å². The Balaban J connectivity index is 1.58. The Morgan fingerprint density at radius 3 is 2.83 bits per heavy atom. The van der Waals surface area contributed by atoms with Crippen LogP contribution in [0.2, 0.25) is 0 Å². The summed E-state index contributed by atoms with van der Waals surface area (Å²) in [5, 5.41) is 17.9. The molecule has 8 heteroatoms. The highest BCUT2D eigenvalue weighted by Gasteiger charge is 2.44. The molecule has 0 spiro atoms. The lowest BCUT2D eigenvalue weighted by Crippen LogP contribution is -2.36. The maximum absolute atomic E-state index is 13.6. The summed E-state index contributed by atoms with van der Waals surface area (Å²) in [7, 11) is 1.62. The van der Waals surface area contributed by atoms with Crippen LogP contribution >= 0.6 is 0 Å². The van der Waals surface area contributed by atoms with E-state index in [1.807, 2.05) is 29.2 Å². The third-order valence-electron chi connectivity index (χ3n) is 6.71. The maximum Gasteiger partial charge on any atom is 0.273 e. The second-order valence-corrected chi connectivity index (χ2v) is 8.99. The number of amides is 1. The van der Waals surface area contributed by atoms with Crippen molar-refractivity contribution in [3.8, 4) is 28.5 Å². The molecule has 1 fully saturated rings. The Kier molecular flexibility index (Phi) is 6.63. The van der Waals surface area contributed by atoms with Gasteiger partial charge in [0.1, 0.15) is 17.1 Å². The molecule has 1 amide bonds. The molecule has 3 heterocycles. The number of aromatic nitrogens is 2. The second-order valence-electron chi connectivity index (χ2n) is 8.99. The number of ether oxygens (including phenoxy) is 3. The summed E-state index contributed by atoms with van der Waals surface area (Å²) in [6.45, 7) is 3.92. The van der Waals surface area contributed by atoms with E-state index in [0.29, 0.717) is 48.2 Å². The smallest absolute Gasteiger partial charge is 0.273 e. The Morgan fingerprint density at radius 1 is 1.23 bits per heavy atom. The zero-order chi connectivity index (χ0) is 24.4. The summed E-state index contributed by atoms with van der Waals surface area (Å²) < 4.78 is 17.5. The van der Waals surface area contributed by atoms with Crippen LogP contribution in [0.15, 0.2) is 42.5 Å². The largest absolute Gasteiger partial charge is 0.507 e. The van der Waals surface area contributed by atoms with Crippen molar-refractivity contribution in [1.82, 2.24) is 15.1 Å². The SMILES string of the molecule is CCCCOc1ccc([C@@H]2c3c(-c4ccccc4O)n[nH]c3C(=O)N2C[C@H]2CCCO2)cc1OC. The monoisotopic (exact) mass is 477 g/mol. The van der Waals surface area contributed by atoms with Crippen LogP contribution in [-0.2, 0) is 4.74 Å². The lowest BCUT2D eigenvalue weighted by atomic mass is 9.95. The maximum atomic E-state index is 13.6. The highest BCUT2D eigenvalue weighted by molar-refractivity contribution is 6.00. The van der Waals surface area contributed by atoms with Gasteiger partial charge in [-0.25, -0.2) is 0 Å². The molecule has 8 nitrogen and oxygen atoms in total. The summed E-state index contributed by atoms with van der Waals surface area (Å²) in [6, 6.07) is 12.4. The number of aromatic amines is 1. The summed E-state index contributed by atoms with van der Waals surface area (Å²) in [4.78, 5) is 15.4. The topological polar surface area (TPSA) is 96.9 Å². The highest BCUT2D eigenvalue weighted by Crippen LogP contribution is 2.46. The van der Waals surface area contributed by atoms with E-state index in [4.69, 9.17) is 14.2 Å². The molecule has 2 aliphatic heterocycles. The fourth-order valence-electron chi connectivity index (χ4n) is 4.92. The quantitative estimate of drug-likeness (QED) is 0.434. The van der Waals surface area contributed by atoms with E-state index in [2.05, 4.69) is 17.1 Å². The van der Waals surface area contributed by atoms with Gasteiger partial charge in [-0.15, -0.1) is 0 Å². The summed E-state index contributed by atoms with van der Waals surface area (Å²) in [6.07, 6.45) is 3.90. The average molecular weight is 478 g/mol. The summed E-state index contributed by atoms with van der Waals surface area (Å²) in [5.41, 5.74) is 3.21. The number of para-hydroxylation sites is 1. The first-order valence-corrected chi connectivity index (χ1v) is 12.2. The van der Waals surface area contributed by atoms with Gasteiger partial charge >= 0.3 is 0 Å². The third kappa shape index (κ3) is 4.34. The van der Waals surface area contributed by atoms with Crippen LogP contribution in [0.4, 0.5) is 0 Å². The van der Waals surface area contributed by atoms with Gasteiger partial charge in [-0.3, -0.25) is 9.89 Å². The summed E-state index contributed by atoms with van der Waals surface area (Å²) >= 11 is 0. The first-order chi connectivity index (χ1) is 17.1. The van der Waals surface area contributed by atoms with Crippen molar-refractivity contribution in [3.63, 3.8) is 0 Å². The molecule has 35 heavy (non-hydrogen) atoms. The number of H-pyrrole nitrogens is 1. The molecule has 3 aromatic rings. The molecule has 2 N–H and O–H groups in total. The Morgan fingerprint density at radius 2 is 2.09 bits per heavy atom. The zero-order valence-corrected chi connectivity index (χ0v) is 20.1. The number of fused-ring (bicyclic) bond motifs is 1. The molecule has 5 rings (SSSR count). The number of rotatable bonds is 9. The number of carbonyl (C=O) groups excluding carboxylic acids is 1. The van der Waals surface area contributed by atoms with E-state index >= 15 is 0 Å². The second kappa shape index (κ2) is 10.00. The van der Waals surface area contributed by atoms with Crippen molar-refractivity contribution in [3.05, 3.63) is 59.3 Å². The lowest BCUT2D eigenvalue weighted by Gasteiger charge is -2.29. The minimum atomic E-state index is -0.409. The van der Waals surface area contributed by atoms with Gasteiger partial charge in [0.05, 0.1) is 25.9 Å². The highest BCUT2D eigenvalue weighted by atomic mass is 16.5. The zero-order valence-electron chi connectivity index (χ0n) is 20.1. The van der Waals surface area contributed by atoms with Gasteiger partial charge in [0, 0.05) is 24.3 Å².